The Labute approximate surface area is 189 Å². The van der Waals surface area contributed by atoms with Crippen LogP contribution in [0.5, 0.6) is 0 Å². The lowest BCUT2D eigenvalue weighted by atomic mass is 10.1. The molecule has 1 saturated heterocycles. The highest BCUT2D eigenvalue weighted by molar-refractivity contribution is 5.83. The van der Waals surface area contributed by atoms with Gasteiger partial charge in [0.05, 0.1) is 23.4 Å². The third-order valence-corrected chi connectivity index (χ3v) is 5.30. The maximum atomic E-state index is 12.4. The van der Waals surface area contributed by atoms with Crippen molar-refractivity contribution in [2.75, 3.05) is 11.9 Å². The second-order valence-corrected chi connectivity index (χ2v) is 7.46. The molecule has 0 radical (unpaired) electrons. The molecule has 2 aromatic heterocycles. The number of aromatic nitrogens is 4. The van der Waals surface area contributed by atoms with E-state index < -0.39 is 53.8 Å². The normalized spacial score (nSPS) is 23.1. The number of nitrogens with zero attached hydrogens (tertiary/aromatic N) is 4. The van der Waals surface area contributed by atoms with E-state index in [2.05, 4.69) is 20.3 Å². The van der Waals surface area contributed by atoms with Crippen LogP contribution >= 0.6 is 0 Å². The Morgan fingerprint density at radius 1 is 1.38 bits per heavy atom. The number of H-pyrrole nitrogens is 1. The van der Waals surface area contributed by atoms with E-state index in [0.717, 1.165) is 6.33 Å². The molecule has 5 atom stereocenters. The Morgan fingerprint density at radius 3 is 2.79 bits per heavy atom. The highest BCUT2D eigenvalue weighted by Gasteiger charge is 2.44. The predicted molar refractivity (Wildman–Crippen MR) is 113 cm³/mol. The van der Waals surface area contributed by atoms with Crippen LogP contribution in [0.15, 0.2) is 35.4 Å². The number of fused-ring (bicyclic) bond motifs is 1. The first-order valence-corrected chi connectivity index (χ1v) is 10.0. The molecule has 1 aliphatic rings. The van der Waals surface area contributed by atoms with Gasteiger partial charge in [-0.3, -0.25) is 29.8 Å². The predicted octanol–water partition coefficient (Wildman–Crippen LogP) is -0.0510. The molecule has 1 amide bonds. The zero-order valence-corrected chi connectivity index (χ0v) is 17.6. The van der Waals surface area contributed by atoms with Crippen molar-refractivity contribution in [2.45, 2.75) is 37.6 Å². The van der Waals surface area contributed by atoms with Crippen molar-refractivity contribution in [2.24, 2.45) is 0 Å². The molecule has 0 spiro atoms. The number of ether oxygens (including phenoxy) is 2. The van der Waals surface area contributed by atoms with Crippen molar-refractivity contribution in [3.05, 3.63) is 56.6 Å². The monoisotopic (exact) mass is 476 g/mol. The van der Waals surface area contributed by atoms with Gasteiger partial charge >= 0.3 is 6.09 Å². The van der Waals surface area contributed by atoms with Gasteiger partial charge in [-0.1, -0.05) is 12.1 Å². The largest absolute Gasteiger partial charge is 0.441 e. The maximum absolute atomic E-state index is 12.4. The number of hydrogen-bond acceptors (Lipinski definition) is 11. The van der Waals surface area contributed by atoms with E-state index in [0.29, 0.717) is 0 Å². The average molecular weight is 476 g/mol. The topological polar surface area (TPSA) is 215 Å². The summed E-state index contributed by atoms with van der Waals surface area (Å²) in [4.78, 5) is 45.7. The molecule has 180 valence electrons. The molecule has 0 saturated carbocycles. The minimum Gasteiger partial charge on any atom is -0.441 e. The first-order valence-electron chi connectivity index (χ1n) is 10.0. The second-order valence-electron chi connectivity index (χ2n) is 7.46. The maximum Gasteiger partial charge on any atom is 0.414 e. The number of nitrogens with one attached hydrogen (secondary N) is 2. The summed E-state index contributed by atoms with van der Waals surface area (Å²) in [5.41, 5.74) is -0.997. The number of imidazole rings is 1. The van der Waals surface area contributed by atoms with E-state index in [1.807, 2.05) is 0 Å². The van der Waals surface area contributed by atoms with E-state index in [1.54, 1.807) is 6.07 Å². The molecular formula is C19H20N6O9. The van der Waals surface area contributed by atoms with Gasteiger partial charge < -0.3 is 24.8 Å². The van der Waals surface area contributed by atoms with Crippen LogP contribution in [0.2, 0.25) is 0 Å². The molecule has 4 rings (SSSR count). The Kier molecular flexibility index (Phi) is 6.25. The van der Waals surface area contributed by atoms with Crippen LogP contribution in [0.3, 0.4) is 0 Å². The number of aliphatic hydroxyl groups is 3. The lowest BCUT2D eigenvalue weighted by Crippen LogP contribution is -2.33. The van der Waals surface area contributed by atoms with Crippen LogP contribution in [0.4, 0.5) is 16.4 Å². The minimum absolute atomic E-state index is 0.0827. The molecule has 0 aliphatic carbocycles. The van der Waals surface area contributed by atoms with Crippen LogP contribution in [0.1, 0.15) is 24.8 Å². The molecule has 1 fully saturated rings. The fourth-order valence-corrected chi connectivity index (χ4v) is 3.63. The van der Waals surface area contributed by atoms with Crippen LogP contribution in [0, 0.1) is 10.1 Å². The average Bonchev–Trinajstić information content (AvgIpc) is 3.34. The van der Waals surface area contributed by atoms with Gasteiger partial charge in [-0.25, -0.2) is 9.78 Å². The van der Waals surface area contributed by atoms with Crippen LogP contribution in [0.25, 0.3) is 11.2 Å². The standard InChI is InChI=1S/C19H20N6O9/c1-8(9-4-2-3-5-10(9)25(31)32)33-19(30)23-18-21-15-12(16(29)22-18)20-7-24(15)17-14(28)13(27)11(6-26)34-17/h2-5,7-8,11,13-14,17,26-28H,6H2,1H3,(H2,21,22,23,29,30)/t8?,11-,13+,14?,17-/m1/s1. The highest BCUT2D eigenvalue weighted by atomic mass is 16.6. The number of carbonyl (C=O) groups excluding carboxylic acids is 1. The molecule has 3 heterocycles. The number of hydrogen-bond donors (Lipinski definition) is 5. The summed E-state index contributed by atoms with van der Waals surface area (Å²) in [6.45, 7) is 0.893. The zero-order valence-electron chi connectivity index (χ0n) is 17.6. The van der Waals surface area contributed by atoms with E-state index >= 15 is 0 Å². The Balaban J connectivity index is 1.56. The van der Waals surface area contributed by atoms with E-state index in [4.69, 9.17) is 9.47 Å². The zero-order chi connectivity index (χ0) is 24.6. The Hall–Kier alpha value is -3.92. The van der Waals surface area contributed by atoms with Crippen molar-refractivity contribution < 1.29 is 34.5 Å². The highest BCUT2D eigenvalue weighted by Crippen LogP contribution is 2.31. The lowest BCUT2D eigenvalue weighted by Gasteiger charge is -2.17. The Morgan fingerprint density at radius 2 is 2.12 bits per heavy atom. The molecule has 1 aromatic carbocycles. The molecule has 3 aromatic rings. The Bertz CT molecular complexity index is 1290. The fraction of sp³-hybridized carbons (Fsp3) is 0.368. The number of carbonyl (C=O) groups is 1. The molecule has 5 N–H and O–H groups in total. The van der Waals surface area contributed by atoms with Gasteiger partial charge in [0.1, 0.15) is 24.4 Å². The summed E-state index contributed by atoms with van der Waals surface area (Å²) in [5.74, 6) is -0.328. The van der Waals surface area contributed by atoms with Gasteiger partial charge in [-0.05, 0) is 13.0 Å². The number of nitro benzene ring substituents is 1. The molecule has 2 unspecified atom stereocenters. The van der Waals surface area contributed by atoms with Crippen molar-refractivity contribution in [3.63, 3.8) is 0 Å². The van der Waals surface area contributed by atoms with Crippen molar-refractivity contribution in [1.82, 2.24) is 19.5 Å². The van der Waals surface area contributed by atoms with Gasteiger partial charge in [0.2, 0.25) is 5.95 Å². The van der Waals surface area contributed by atoms with Crippen molar-refractivity contribution in [3.8, 4) is 0 Å². The minimum atomic E-state index is -1.44. The quantitative estimate of drug-likeness (QED) is 0.235. The summed E-state index contributed by atoms with van der Waals surface area (Å²) in [6, 6.07) is 5.76. The van der Waals surface area contributed by atoms with Gasteiger partial charge in [0, 0.05) is 6.07 Å². The molecule has 1 aliphatic heterocycles. The number of aliphatic hydroxyl groups excluding tert-OH is 3. The lowest BCUT2D eigenvalue weighted by molar-refractivity contribution is -0.386. The summed E-state index contributed by atoms with van der Waals surface area (Å²) in [6.07, 6.45) is -5.98. The van der Waals surface area contributed by atoms with Gasteiger partial charge in [0.25, 0.3) is 11.2 Å². The molecule has 0 bridgehead atoms. The van der Waals surface area contributed by atoms with Crippen molar-refractivity contribution >= 4 is 28.9 Å². The number of benzene rings is 1. The van der Waals surface area contributed by atoms with E-state index in [9.17, 15) is 35.0 Å². The second kappa shape index (κ2) is 9.14. The molecule has 34 heavy (non-hydrogen) atoms. The van der Waals surface area contributed by atoms with Crippen LogP contribution < -0.4 is 10.9 Å². The number of rotatable bonds is 6. The molecule has 15 nitrogen and oxygen atoms in total. The van der Waals surface area contributed by atoms with Gasteiger partial charge in [-0.15, -0.1) is 0 Å². The smallest absolute Gasteiger partial charge is 0.414 e. The number of anilines is 1. The van der Waals surface area contributed by atoms with Crippen LogP contribution in [-0.2, 0) is 9.47 Å². The first-order chi connectivity index (χ1) is 16.2. The summed E-state index contributed by atoms with van der Waals surface area (Å²) in [7, 11) is 0. The molecular weight excluding hydrogens is 456 g/mol. The van der Waals surface area contributed by atoms with E-state index in [-0.39, 0.29) is 28.4 Å². The van der Waals surface area contributed by atoms with Crippen LogP contribution in [-0.4, -0.2) is 70.8 Å². The third kappa shape index (κ3) is 4.19. The summed E-state index contributed by atoms with van der Waals surface area (Å²) < 4.78 is 11.8. The van der Waals surface area contributed by atoms with Crippen molar-refractivity contribution in [1.29, 1.82) is 0 Å². The summed E-state index contributed by atoms with van der Waals surface area (Å²) in [5, 5.41) is 43.0. The number of amides is 1. The van der Waals surface area contributed by atoms with Gasteiger partial charge in [0.15, 0.2) is 17.4 Å². The summed E-state index contributed by atoms with van der Waals surface area (Å²) >= 11 is 0. The van der Waals surface area contributed by atoms with E-state index in [1.165, 1.54) is 29.7 Å². The molecule has 15 heteroatoms. The third-order valence-electron chi connectivity index (χ3n) is 5.30. The van der Waals surface area contributed by atoms with Gasteiger partial charge in [-0.2, -0.15) is 4.98 Å². The first kappa shape index (κ1) is 23.2. The number of aromatic amines is 1. The number of nitro groups is 1. The number of para-hydroxylation sites is 1. The SMILES string of the molecule is CC(OC(=O)Nc1nc2c(ncn2[C@@H]2O[C@H](CO)[C@H](O)C2O)c(=O)[nH]1)c1ccccc1[N+](=O)[O-]. The fourth-order valence-electron chi connectivity index (χ4n) is 3.63.